The van der Waals surface area contributed by atoms with Gasteiger partial charge in [-0.3, -0.25) is 10.4 Å². The van der Waals surface area contributed by atoms with E-state index in [2.05, 4.69) is 59.5 Å². The molecule has 1 saturated heterocycles. The number of hydrogen-bond donors (Lipinski definition) is 1. The maximum absolute atomic E-state index is 5.70. The fourth-order valence-corrected chi connectivity index (χ4v) is 6.20. The predicted molar refractivity (Wildman–Crippen MR) is 120 cm³/mol. The lowest BCUT2D eigenvalue weighted by Gasteiger charge is -2.44. The van der Waals surface area contributed by atoms with Gasteiger partial charge in [-0.15, -0.1) is 11.8 Å². The Morgan fingerprint density at radius 1 is 1.33 bits per heavy atom. The number of nitrogens with zero attached hydrogens (tertiary/aromatic N) is 3. The summed E-state index contributed by atoms with van der Waals surface area (Å²) >= 11 is 7.56. The van der Waals surface area contributed by atoms with Gasteiger partial charge in [0.05, 0.1) is 5.69 Å². The van der Waals surface area contributed by atoms with Gasteiger partial charge in [-0.25, -0.2) is 0 Å². The van der Waals surface area contributed by atoms with E-state index in [1.807, 2.05) is 11.8 Å². The highest BCUT2D eigenvalue weighted by molar-refractivity contribution is 7.98. The van der Waals surface area contributed by atoms with E-state index in [-0.39, 0.29) is 0 Å². The van der Waals surface area contributed by atoms with Gasteiger partial charge >= 0.3 is 0 Å². The number of anilines is 1. The Kier molecular flexibility index (Phi) is 5.59. The second-order valence-corrected chi connectivity index (χ2v) is 9.34. The summed E-state index contributed by atoms with van der Waals surface area (Å²) in [5, 5.41) is 3.18. The number of nitrogens with one attached hydrogen (secondary N) is 1. The Balaban J connectivity index is 1.69. The zero-order valence-electron chi connectivity index (χ0n) is 17.0. The minimum Gasteiger partial charge on any atom is -0.348 e. The molecule has 4 nitrogen and oxygen atoms in total. The van der Waals surface area contributed by atoms with Gasteiger partial charge in [0.25, 0.3) is 0 Å². The number of benzene rings is 1. The van der Waals surface area contributed by atoms with E-state index in [1.54, 1.807) is 11.1 Å². The molecule has 148 valence electrons. The van der Waals surface area contributed by atoms with Crippen LogP contribution in [0.5, 0.6) is 0 Å². The van der Waals surface area contributed by atoms with E-state index in [0.717, 1.165) is 24.7 Å². The summed E-state index contributed by atoms with van der Waals surface area (Å²) in [7, 11) is 2.32. The van der Waals surface area contributed by atoms with Gasteiger partial charge in [0.2, 0.25) is 0 Å². The number of fused-ring (bicyclic) bond motifs is 2. The normalized spacial score (nSPS) is 26.5. The highest BCUT2D eigenvalue weighted by Gasteiger charge is 2.44. The van der Waals surface area contributed by atoms with Crippen molar-refractivity contribution in [1.82, 2.24) is 15.2 Å². The zero-order chi connectivity index (χ0) is 19.1. The number of thiocarbonyl (C=S) groups is 1. The molecule has 0 amide bonds. The van der Waals surface area contributed by atoms with Crippen LogP contribution in [0.25, 0.3) is 0 Å². The first kappa shape index (κ1) is 19.3. The number of likely N-dealkylation sites (tertiary alicyclic amines) is 1. The number of piperidine rings is 1. The third-order valence-corrected chi connectivity index (χ3v) is 7.82. The molecule has 3 atom stereocenters. The number of likely N-dealkylation sites (N-methyl/N-ethyl adjacent to an activating group) is 1. The summed E-state index contributed by atoms with van der Waals surface area (Å²) < 4.78 is 0. The van der Waals surface area contributed by atoms with Crippen LogP contribution in [0.3, 0.4) is 0 Å². The summed E-state index contributed by atoms with van der Waals surface area (Å²) in [6, 6.07) is 5.54. The Bertz CT molecular complexity index is 718. The van der Waals surface area contributed by atoms with Crippen molar-refractivity contribution in [2.45, 2.75) is 55.9 Å². The summed E-state index contributed by atoms with van der Waals surface area (Å²) in [5.41, 5.74) is 8.14. The predicted octanol–water partition coefficient (Wildman–Crippen LogP) is 4.02. The number of thioether (sulfide) groups is 1. The topological polar surface area (TPSA) is 21.8 Å². The first-order chi connectivity index (χ1) is 13.1. The van der Waals surface area contributed by atoms with E-state index >= 15 is 0 Å². The summed E-state index contributed by atoms with van der Waals surface area (Å²) in [6.45, 7) is 8.48. The van der Waals surface area contributed by atoms with Gasteiger partial charge in [0.1, 0.15) is 0 Å². The average Bonchev–Trinajstić information content (AvgIpc) is 3.01. The molecule has 2 heterocycles. The van der Waals surface area contributed by atoms with Crippen molar-refractivity contribution >= 4 is 34.8 Å². The largest absolute Gasteiger partial charge is 0.348 e. The van der Waals surface area contributed by atoms with E-state index in [4.69, 9.17) is 12.2 Å². The highest BCUT2D eigenvalue weighted by Crippen LogP contribution is 2.52. The Morgan fingerprint density at radius 3 is 2.81 bits per heavy atom. The van der Waals surface area contributed by atoms with Crippen LogP contribution in [0.2, 0.25) is 0 Å². The SMILES string of the molecule is CCN(CC)C(=S)NN1CC2C[C@@H]3[C@H](CCCN3C)c3cc(SC)cc1c32. The maximum Gasteiger partial charge on any atom is 0.187 e. The lowest BCUT2D eigenvalue weighted by molar-refractivity contribution is 0.136. The summed E-state index contributed by atoms with van der Waals surface area (Å²) in [6.07, 6.45) is 6.11. The molecule has 3 aliphatic rings. The molecular formula is C21H32N4S2. The minimum absolute atomic E-state index is 0.611. The molecule has 0 bridgehead atoms. The summed E-state index contributed by atoms with van der Waals surface area (Å²) in [5.74, 6) is 1.30. The standard InChI is InChI=1S/C21H32N4S2/c1-5-24(6-2)21(26)22-25-13-14-10-18-16(8-7-9-23(18)3)17-11-15(27-4)12-19(25)20(14)17/h11-12,14,16,18H,5-10,13H2,1-4H3,(H,22,26)/t14?,16-,18-/m1/s1. The van der Waals surface area contributed by atoms with E-state index in [1.165, 1.54) is 36.4 Å². The molecule has 27 heavy (non-hydrogen) atoms. The number of hydrogen-bond acceptors (Lipinski definition) is 4. The molecule has 1 aromatic carbocycles. The van der Waals surface area contributed by atoms with Gasteiger partial charge in [0, 0.05) is 36.5 Å². The molecule has 1 unspecified atom stereocenters. The molecule has 2 aliphatic heterocycles. The lowest BCUT2D eigenvalue weighted by Crippen LogP contribution is -2.49. The van der Waals surface area contributed by atoms with Gasteiger partial charge in [0.15, 0.2) is 5.11 Å². The van der Waals surface area contributed by atoms with Crippen LogP contribution in [-0.2, 0) is 0 Å². The van der Waals surface area contributed by atoms with Crippen LogP contribution in [0.15, 0.2) is 17.0 Å². The van der Waals surface area contributed by atoms with Crippen molar-refractivity contribution in [3.05, 3.63) is 23.3 Å². The first-order valence-corrected chi connectivity index (χ1v) is 12.0. The van der Waals surface area contributed by atoms with Crippen LogP contribution < -0.4 is 10.4 Å². The monoisotopic (exact) mass is 404 g/mol. The van der Waals surface area contributed by atoms with Crippen molar-refractivity contribution < 1.29 is 0 Å². The van der Waals surface area contributed by atoms with Gasteiger partial charge in [-0.1, -0.05) is 0 Å². The van der Waals surface area contributed by atoms with Crippen molar-refractivity contribution in [3.63, 3.8) is 0 Å². The Hall–Kier alpha value is -0.980. The number of rotatable bonds is 4. The van der Waals surface area contributed by atoms with Crippen LogP contribution in [0, 0.1) is 0 Å². The smallest absolute Gasteiger partial charge is 0.187 e. The van der Waals surface area contributed by atoms with Crippen molar-refractivity contribution in [1.29, 1.82) is 0 Å². The van der Waals surface area contributed by atoms with Gasteiger partial charge in [-0.2, -0.15) is 0 Å². The van der Waals surface area contributed by atoms with Crippen molar-refractivity contribution in [3.8, 4) is 0 Å². The third kappa shape index (κ3) is 3.34. The molecule has 1 aliphatic carbocycles. The first-order valence-electron chi connectivity index (χ1n) is 10.3. The molecule has 1 N–H and O–H groups in total. The van der Waals surface area contributed by atoms with Crippen LogP contribution in [0.4, 0.5) is 5.69 Å². The fraction of sp³-hybridized carbons (Fsp3) is 0.667. The van der Waals surface area contributed by atoms with Crippen LogP contribution >= 0.6 is 24.0 Å². The van der Waals surface area contributed by atoms with Gasteiger partial charge in [-0.05, 0) is 94.4 Å². The average molecular weight is 405 g/mol. The minimum atomic E-state index is 0.611. The Labute approximate surface area is 173 Å². The Morgan fingerprint density at radius 2 is 2.11 bits per heavy atom. The summed E-state index contributed by atoms with van der Waals surface area (Å²) in [4.78, 5) is 6.20. The zero-order valence-corrected chi connectivity index (χ0v) is 18.6. The third-order valence-electron chi connectivity index (χ3n) is 6.76. The molecule has 1 fully saturated rings. The molecule has 1 aromatic rings. The van der Waals surface area contributed by atoms with E-state index < -0.39 is 0 Å². The highest BCUT2D eigenvalue weighted by atomic mass is 32.2. The van der Waals surface area contributed by atoms with E-state index in [9.17, 15) is 0 Å². The quantitative estimate of drug-likeness (QED) is 0.600. The molecule has 6 heteroatoms. The van der Waals surface area contributed by atoms with Crippen molar-refractivity contribution in [2.75, 3.05) is 44.5 Å². The molecule has 4 rings (SSSR count). The maximum atomic E-state index is 5.70. The van der Waals surface area contributed by atoms with Crippen LogP contribution in [0.1, 0.15) is 56.1 Å². The fourth-order valence-electron chi connectivity index (χ4n) is 5.36. The molecule has 0 spiro atoms. The molecular weight excluding hydrogens is 372 g/mol. The van der Waals surface area contributed by atoms with Crippen LogP contribution in [-0.4, -0.2) is 60.4 Å². The molecule has 0 radical (unpaired) electrons. The lowest BCUT2D eigenvalue weighted by atomic mass is 9.70. The van der Waals surface area contributed by atoms with Crippen molar-refractivity contribution in [2.24, 2.45) is 0 Å². The second kappa shape index (κ2) is 7.80. The number of hydrazine groups is 1. The molecule has 0 saturated carbocycles. The van der Waals surface area contributed by atoms with Gasteiger partial charge < -0.3 is 9.80 Å². The van der Waals surface area contributed by atoms with E-state index in [0.29, 0.717) is 17.9 Å². The molecule has 0 aromatic heterocycles. The second-order valence-electron chi connectivity index (χ2n) is 8.08.